The Bertz CT molecular complexity index is 589. The number of hydrazone groups is 1. The maximum atomic E-state index is 12.1. The molecule has 1 aliphatic heterocycles. The second-order valence-corrected chi connectivity index (χ2v) is 7.17. The normalized spacial score (nSPS) is 16.8. The van der Waals surface area contributed by atoms with E-state index in [1.54, 1.807) is 12.1 Å². The lowest BCUT2D eigenvalue weighted by Gasteiger charge is -2.26. The molecule has 116 valence electrons. The van der Waals surface area contributed by atoms with E-state index >= 15 is 0 Å². The monoisotopic (exact) mass is 329 g/mol. The fourth-order valence-corrected chi connectivity index (χ4v) is 3.23. The van der Waals surface area contributed by atoms with E-state index in [4.69, 9.17) is 11.6 Å². The molecule has 1 fully saturated rings. The summed E-state index contributed by atoms with van der Waals surface area (Å²) in [6.07, 6.45) is 2.75. The van der Waals surface area contributed by atoms with Gasteiger partial charge in [0, 0.05) is 36.7 Å². The Morgan fingerprint density at radius 3 is 2.43 bits per heavy atom. The molecule has 0 radical (unpaired) electrons. The molecule has 2 rings (SSSR count). The largest absolute Gasteiger partial charge is 0.303 e. The van der Waals surface area contributed by atoms with Crippen molar-refractivity contribution in [2.45, 2.75) is 31.1 Å². The molecule has 5 nitrogen and oxygen atoms in total. The van der Waals surface area contributed by atoms with Crippen LogP contribution >= 0.6 is 11.6 Å². The third-order valence-electron chi connectivity index (χ3n) is 3.42. The van der Waals surface area contributed by atoms with E-state index in [1.165, 1.54) is 12.1 Å². The Labute approximate surface area is 131 Å². The van der Waals surface area contributed by atoms with Crippen LogP contribution in [0.5, 0.6) is 0 Å². The molecule has 0 amide bonds. The molecule has 1 saturated heterocycles. The molecule has 0 unspecified atom stereocenters. The number of halogens is 1. The van der Waals surface area contributed by atoms with E-state index in [0.29, 0.717) is 5.02 Å². The molecule has 1 heterocycles. The summed E-state index contributed by atoms with van der Waals surface area (Å²) in [6.45, 7) is 5.12. The number of hydrogen-bond donors (Lipinski definition) is 1. The summed E-state index contributed by atoms with van der Waals surface area (Å²) in [7, 11) is -3.61. The van der Waals surface area contributed by atoms with E-state index in [2.05, 4.69) is 21.8 Å². The maximum Gasteiger partial charge on any atom is 0.276 e. The summed E-state index contributed by atoms with van der Waals surface area (Å²) < 4.78 is 24.2. The number of piperidine rings is 1. The van der Waals surface area contributed by atoms with Crippen molar-refractivity contribution in [1.29, 1.82) is 0 Å². The third-order valence-corrected chi connectivity index (χ3v) is 4.90. The molecule has 0 aromatic heterocycles. The SMILES string of the molecule is CCCN1CCC(=NNS(=O)(=O)c2ccc(Cl)cc2)CC1. The van der Waals surface area contributed by atoms with Crippen LogP contribution in [0, 0.1) is 0 Å². The molecule has 21 heavy (non-hydrogen) atoms. The summed E-state index contributed by atoms with van der Waals surface area (Å²) >= 11 is 5.75. The van der Waals surface area contributed by atoms with Crippen LogP contribution in [0.4, 0.5) is 0 Å². The predicted octanol–water partition coefficient (Wildman–Crippen LogP) is 2.48. The fourth-order valence-electron chi connectivity index (χ4n) is 2.25. The molecule has 1 aromatic rings. The number of nitrogens with zero attached hydrogens (tertiary/aromatic N) is 2. The summed E-state index contributed by atoms with van der Waals surface area (Å²) in [5.41, 5.74) is 0.903. The van der Waals surface area contributed by atoms with Crippen molar-refractivity contribution >= 4 is 27.3 Å². The lowest BCUT2D eigenvalue weighted by atomic mass is 10.1. The van der Waals surface area contributed by atoms with Crippen LogP contribution in [-0.4, -0.2) is 38.7 Å². The van der Waals surface area contributed by atoms with Gasteiger partial charge in [-0.3, -0.25) is 0 Å². The highest BCUT2D eigenvalue weighted by Gasteiger charge is 2.16. The van der Waals surface area contributed by atoms with E-state index in [0.717, 1.165) is 44.6 Å². The van der Waals surface area contributed by atoms with Gasteiger partial charge < -0.3 is 4.90 Å². The average molecular weight is 330 g/mol. The minimum Gasteiger partial charge on any atom is -0.303 e. The van der Waals surface area contributed by atoms with Gasteiger partial charge in [0.1, 0.15) is 0 Å². The Balaban J connectivity index is 1.96. The molecule has 0 atom stereocenters. The van der Waals surface area contributed by atoms with Crippen LogP contribution in [0.3, 0.4) is 0 Å². The zero-order chi connectivity index (χ0) is 15.3. The van der Waals surface area contributed by atoms with Gasteiger partial charge in [-0.25, -0.2) is 4.83 Å². The van der Waals surface area contributed by atoms with Crippen LogP contribution in [0.2, 0.25) is 5.02 Å². The van der Waals surface area contributed by atoms with E-state index in [1.807, 2.05) is 0 Å². The van der Waals surface area contributed by atoms with Crippen LogP contribution in [-0.2, 0) is 10.0 Å². The molecule has 1 N–H and O–H groups in total. The molecule has 1 aromatic carbocycles. The van der Waals surface area contributed by atoms with E-state index < -0.39 is 10.0 Å². The first-order valence-electron chi connectivity index (χ1n) is 7.06. The standard InChI is InChI=1S/C14H20ClN3O2S/c1-2-9-18-10-7-13(8-11-18)16-17-21(19,20)14-5-3-12(15)4-6-14/h3-6,17H,2,7-11H2,1H3. The third kappa shape index (κ3) is 4.69. The van der Waals surface area contributed by atoms with Crippen molar-refractivity contribution in [3.8, 4) is 0 Å². The summed E-state index contributed by atoms with van der Waals surface area (Å²) in [4.78, 5) is 4.84. The van der Waals surface area contributed by atoms with E-state index in [-0.39, 0.29) is 4.90 Å². The predicted molar refractivity (Wildman–Crippen MR) is 85.2 cm³/mol. The Hall–Kier alpha value is -1.11. The number of likely N-dealkylation sites (tertiary alicyclic amines) is 1. The van der Waals surface area contributed by atoms with Gasteiger partial charge >= 0.3 is 0 Å². The Morgan fingerprint density at radius 2 is 1.86 bits per heavy atom. The lowest BCUT2D eigenvalue weighted by molar-refractivity contribution is 0.275. The van der Waals surface area contributed by atoms with E-state index in [9.17, 15) is 8.42 Å². The maximum absolute atomic E-state index is 12.1. The highest BCUT2D eigenvalue weighted by Crippen LogP contribution is 2.14. The Morgan fingerprint density at radius 1 is 1.24 bits per heavy atom. The first-order valence-corrected chi connectivity index (χ1v) is 8.92. The second-order valence-electron chi connectivity index (χ2n) is 5.07. The molecule has 0 aliphatic carbocycles. The minimum atomic E-state index is -3.61. The zero-order valence-corrected chi connectivity index (χ0v) is 13.6. The Kier molecular flexibility index (Phi) is 5.61. The first-order chi connectivity index (χ1) is 10.0. The van der Waals surface area contributed by atoms with Gasteiger partial charge in [-0.05, 0) is 37.2 Å². The molecular weight excluding hydrogens is 310 g/mol. The van der Waals surface area contributed by atoms with Gasteiger partial charge in [-0.1, -0.05) is 18.5 Å². The molecule has 7 heteroatoms. The topological polar surface area (TPSA) is 61.8 Å². The number of rotatable bonds is 5. The van der Waals surface area contributed by atoms with Gasteiger partial charge in [-0.15, -0.1) is 0 Å². The van der Waals surface area contributed by atoms with Crippen LogP contribution in [0.1, 0.15) is 26.2 Å². The van der Waals surface area contributed by atoms with Gasteiger partial charge in [-0.2, -0.15) is 13.5 Å². The molecule has 0 spiro atoms. The smallest absolute Gasteiger partial charge is 0.276 e. The highest BCUT2D eigenvalue weighted by molar-refractivity contribution is 7.89. The summed E-state index contributed by atoms with van der Waals surface area (Å²) in [6, 6.07) is 6.03. The lowest BCUT2D eigenvalue weighted by Crippen LogP contribution is -2.35. The quantitative estimate of drug-likeness (QED) is 0.844. The molecule has 0 bridgehead atoms. The minimum absolute atomic E-state index is 0.166. The highest BCUT2D eigenvalue weighted by atomic mass is 35.5. The zero-order valence-electron chi connectivity index (χ0n) is 12.0. The number of hydrogen-bond acceptors (Lipinski definition) is 4. The number of benzene rings is 1. The van der Waals surface area contributed by atoms with Gasteiger partial charge in [0.15, 0.2) is 0 Å². The number of nitrogens with one attached hydrogen (secondary N) is 1. The van der Waals surface area contributed by atoms with Crippen molar-refractivity contribution < 1.29 is 8.42 Å². The van der Waals surface area contributed by atoms with Crippen molar-refractivity contribution in [2.24, 2.45) is 5.10 Å². The molecule has 1 aliphatic rings. The van der Waals surface area contributed by atoms with Crippen LogP contribution < -0.4 is 4.83 Å². The van der Waals surface area contributed by atoms with Crippen LogP contribution in [0.15, 0.2) is 34.3 Å². The molecule has 0 saturated carbocycles. The molecular formula is C14H20ClN3O2S. The van der Waals surface area contributed by atoms with Gasteiger partial charge in [0.25, 0.3) is 10.0 Å². The summed E-state index contributed by atoms with van der Waals surface area (Å²) in [5, 5.41) is 4.57. The average Bonchev–Trinajstić information content (AvgIpc) is 2.47. The second kappa shape index (κ2) is 7.24. The fraction of sp³-hybridized carbons (Fsp3) is 0.500. The number of sulfonamides is 1. The van der Waals surface area contributed by atoms with Gasteiger partial charge in [0.05, 0.1) is 4.90 Å². The van der Waals surface area contributed by atoms with Crippen molar-refractivity contribution in [2.75, 3.05) is 19.6 Å². The first kappa shape index (κ1) is 16.3. The summed E-state index contributed by atoms with van der Waals surface area (Å²) in [5.74, 6) is 0. The van der Waals surface area contributed by atoms with Crippen molar-refractivity contribution in [3.63, 3.8) is 0 Å². The van der Waals surface area contributed by atoms with Crippen LogP contribution in [0.25, 0.3) is 0 Å². The van der Waals surface area contributed by atoms with Crippen molar-refractivity contribution in [1.82, 2.24) is 9.73 Å². The van der Waals surface area contributed by atoms with Gasteiger partial charge in [0.2, 0.25) is 0 Å². The van der Waals surface area contributed by atoms with Crippen molar-refractivity contribution in [3.05, 3.63) is 29.3 Å².